The van der Waals surface area contributed by atoms with Gasteiger partial charge in [0.15, 0.2) is 0 Å². The summed E-state index contributed by atoms with van der Waals surface area (Å²) in [6.45, 7) is 4.11. The van der Waals surface area contributed by atoms with Crippen molar-refractivity contribution in [3.63, 3.8) is 0 Å². The lowest BCUT2D eigenvalue weighted by molar-refractivity contribution is 0.0420. The molecule has 2 fully saturated rings. The first-order valence-electron chi connectivity index (χ1n) is 8.84. The number of nitrogens with zero attached hydrogens (tertiary/aromatic N) is 2. The molecule has 0 bridgehead atoms. The van der Waals surface area contributed by atoms with Crippen LogP contribution in [0.1, 0.15) is 22.5 Å². The van der Waals surface area contributed by atoms with E-state index in [0.717, 1.165) is 50.5 Å². The third kappa shape index (κ3) is 3.66. The van der Waals surface area contributed by atoms with Crippen LogP contribution in [0.15, 0.2) is 39.6 Å². The Morgan fingerprint density at radius 3 is 3.12 bits per heavy atom. The number of thiophene rings is 1. The molecule has 2 aromatic heterocycles. The van der Waals surface area contributed by atoms with Crippen LogP contribution in [0, 0.1) is 11.8 Å². The van der Waals surface area contributed by atoms with Crippen LogP contribution in [0.4, 0.5) is 0 Å². The van der Waals surface area contributed by atoms with Crippen LogP contribution >= 0.6 is 11.3 Å². The molecule has 0 radical (unpaired) electrons. The Labute approximate surface area is 152 Å². The lowest BCUT2D eigenvalue weighted by atomic mass is 9.84. The molecular formula is C19H24N2O3S. The monoisotopic (exact) mass is 360 g/mol. The minimum Gasteiger partial charge on any atom is -0.468 e. The van der Waals surface area contributed by atoms with Crippen molar-refractivity contribution < 1.29 is 13.9 Å². The number of amides is 1. The van der Waals surface area contributed by atoms with Crippen LogP contribution in [0.2, 0.25) is 0 Å². The van der Waals surface area contributed by atoms with Gasteiger partial charge in [0.25, 0.3) is 5.91 Å². The van der Waals surface area contributed by atoms with Gasteiger partial charge in [0.1, 0.15) is 5.76 Å². The average Bonchev–Trinajstić information content (AvgIpc) is 3.36. The fraction of sp³-hybridized carbons (Fsp3) is 0.526. The molecule has 4 rings (SSSR count). The summed E-state index contributed by atoms with van der Waals surface area (Å²) in [7, 11) is 2.09. The highest BCUT2D eigenvalue weighted by Crippen LogP contribution is 2.35. The molecule has 0 aliphatic carbocycles. The SMILES string of the molecule is CN(Cc1ccco1)C[C@H]1OC[C@H]2CCN(C(=O)c3ccsc3)C[C@H]21. The Hall–Kier alpha value is -1.63. The summed E-state index contributed by atoms with van der Waals surface area (Å²) in [4.78, 5) is 16.9. The maximum Gasteiger partial charge on any atom is 0.254 e. The Bertz CT molecular complexity index is 686. The molecule has 0 spiro atoms. The van der Waals surface area contributed by atoms with Gasteiger partial charge in [0.05, 0.1) is 31.1 Å². The second-order valence-corrected chi connectivity index (χ2v) is 7.90. The number of piperidine rings is 1. The number of rotatable bonds is 5. The van der Waals surface area contributed by atoms with Gasteiger partial charge in [-0.1, -0.05) is 0 Å². The fourth-order valence-electron chi connectivity index (χ4n) is 4.01. The first-order valence-corrected chi connectivity index (χ1v) is 9.79. The number of furan rings is 1. The van der Waals surface area contributed by atoms with E-state index in [9.17, 15) is 4.79 Å². The number of likely N-dealkylation sites (tertiary alicyclic amines) is 1. The summed E-state index contributed by atoms with van der Waals surface area (Å²) >= 11 is 1.57. The Morgan fingerprint density at radius 2 is 2.36 bits per heavy atom. The van der Waals surface area contributed by atoms with Crippen LogP contribution in [-0.4, -0.2) is 55.1 Å². The van der Waals surface area contributed by atoms with Gasteiger partial charge < -0.3 is 14.1 Å². The number of likely N-dealkylation sites (N-methyl/N-ethyl adjacent to an activating group) is 1. The van der Waals surface area contributed by atoms with Crippen molar-refractivity contribution in [3.05, 3.63) is 46.5 Å². The summed E-state index contributed by atoms with van der Waals surface area (Å²) in [5.41, 5.74) is 0.814. The van der Waals surface area contributed by atoms with Gasteiger partial charge in [-0.15, -0.1) is 0 Å². The van der Waals surface area contributed by atoms with Gasteiger partial charge in [0, 0.05) is 30.9 Å². The molecule has 25 heavy (non-hydrogen) atoms. The third-order valence-electron chi connectivity index (χ3n) is 5.36. The molecule has 2 aliphatic heterocycles. The van der Waals surface area contributed by atoms with Crippen LogP contribution in [-0.2, 0) is 11.3 Å². The number of carbonyl (C=O) groups excluding carboxylic acids is 1. The Kier molecular flexibility index (Phi) is 4.92. The smallest absolute Gasteiger partial charge is 0.254 e. The van der Waals surface area contributed by atoms with Crippen molar-refractivity contribution in [1.29, 1.82) is 0 Å². The van der Waals surface area contributed by atoms with Crippen LogP contribution in [0.3, 0.4) is 0 Å². The van der Waals surface area contributed by atoms with Gasteiger partial charge in [-0.25, -0.2) is 0 Å². The molecule has 134 valence electrons. The highest BCUT2D eigenvalue weighted by molar-refractivity contribution is 7.08. The molecular weight excluding hydrogens is 336 g/mol. The number of carbonyl (C=O) groups is 1. The largest absolute Gasteiger partial charge is 0.468 e. The maximum absolute atomic E-state index is 12.7. The zero-order valence-corrected chi connectivity index (χ0v) is 15.3. The molecule has 2 aliphatic rings. The summed E-state index contributed by atoms with van der Waals surface area (Å²) in [5.74, 6) is 2.13. The van der Waals surface area contributed by atoms with Crippen molar-refractivity contribution in [2.75, 3.05) is 33.3 Å². The molecule has 2 aromatic rings. The summed E-state index contributed by atoms with van der Waals surface area (Å²) in [6, 6.07) is 5.83. The highest BCUT2D eigenvalue weighted by Gasteiger charge is 2.42. The van der Waals surface area contributed by atoms with Crippen molar-refractivity contribution in [3.8, 4) is 0 Å². The zero-order valence-electron chi connectivity index (χ0n) is 14.5. The first-order chi connectivity index (χ1) is 12.2. The Morgan fingerprint density at radius 1 is 1.44 bits per heavy atom. The quantitative estimate of drug-likeness (QED) is 0.822. The topological polar surface area (TPSA) is 45.9 Å². The lowest BCUT2D eigenvalue weighted by Gasteiger charge is -2.36. The van der Waals surface area contributed by atoms with E-state index < -0.39 is 0 Å². The Balaban J connectivity index is 1.37. The zero-order chi connectivity index (χ0) is 17.2. The number of hydrogen-bond acceptors (Lipinski definition) is 5. The van der Waals surface area contributed by atoms with Crippen LogP contribution in [0.25, 0.3) is 0 Å². The molecule has 0 saturated carbocycles. The van der Waals surface area contributed by atoms with Gasteiger partial charge in [-0.05, 0) is 43.0 Å². The standard InChI is InChI=1S/C19H24N2O3S/c1-20(9-16-3-2-7-23-16)11-18-17-10-21(6-4-14(17)12-24-18)19(22)15-5-8-25-13-15/h2-3,5,7-8,13-14,17-18H,4,6,9-12H2,1H3/t14-,17-,18-/m1/s1. The van der Waals surface area contributed by atoms with Crippen LogP contribution in [0.5, 0.6) is 0 Å². The van der Waals surface area contributed by atoms with E-state index in [-0.39, 0.29) is 12.0 Å². The molecule has 6 heteroatoms. The summed E-state index contributed by atoms with van der Waals surface area (Å²) in [5, 5.41) is 3.90. The predicted molar refractivity (Wildman–Crippen MR) is 96.6 cm³/mol. The van der Waals surface area contributed by atoms with E-state index in [1.807, 2.05) is 33.9 Å². The molecule has 3 atom stereocenters. The molecule has 2 saturated heterocycles. The van der Waals surface area contributed by atoms with E-state index in [4.69, 9.17) is 9.15 Å². The molecule has 0 aromatic carbocycles. The van der Waals surface area contributed by atoms with Crippen LogP contribution < -0.4 is 0 Å². The van der Waals surface area contributed by atoms with E-state index in [1.54, 1.807) is 17.6 Å². The average molecular weight is 360 g/mol. The minimum absolute atomic E-state index is 0.161. The number of ether oxygens (including phenoxy) is 1. The van der Waals surface area contributed by atoms with E-state index in [1.165, 1.54) is 0 Å². The molecule has 0 N–H and O–H groups in total. The van der Waals surface area contributed by atoms with Crippen molar-refractivity contribution >= 4 is 17.2 Å². The van der Waals surface area contributed by atoms with Crippen molar-refractivity contribution in [1.82, 2.24) is 9.80 Å². The lowest BCUT2D eigenvalue weighted by Crippen LogP contribution is -2.47. The first kappa shape index (κ1) is 16.8. The second kappa shape index (κ2) is 7.32. The van der Waals surface area contributed by atoms with Crippen molar-refractivity contribution in [2.45, 2.75) is 19.1 Å². The van der Waals surface area contributed by atoms with Gasteiger partial charge in [-0.2, -0.15) is 11.3 Å². The fourth-order valence-corrected chi connectivity index (χ4v) is 4.64. The van der Waals surface area contributed by atoms with Gasteiger partial charge in [0.2, 0.25) is 0 Å². The summed E-state index contributed by atoms with van der Waals surface area (Å²) in [6.07, 6.45) is 2.93. The molecule has 0 unspecified atom stereocenters. The molecule has 1 amide bonds. The molecule has 5 nitrogen and oxygen atoms in total. The van der Waals surface area contributed by atoms with E-state index >= 15 is 0 Å². The molecule has 4 heterocycles. The maximum atomic E-state index is 12.7. The highest BCUT2D eigenvalue weighted by atomic mass is 32.1. The van der Waals surface area contributed by atoms with E-state index in [2.05, 4.69) is 11.9 Å². The van der Waals surface area contributed by atoms with Crippen molar-refractivity contribution in [2.24, 2.45) is 11.8 Å². The van der Waals surface area contributed by atoms with Gasteiger partial charge >= 0.3 is 0 Å². The predicted octanol–water partition coefficient (Wildman–Crippen LogP) is 2.95. The minimum atomic E-state index is 0.161. The van der Waals surface area contributed by atoms with E-state index in [0.29, 0.717) is 11.8 Å². The number of hydrogen-bond donors (Lipinski definition) is 0. The summed E-state index contributed by atoms with van der Waals surface area (Å²) < 4.78 is 11.5. The van der Waals surface area contributed by atoms with Gasteiger partial charge in [-0.3, -0.25) is 9.69 Å². The normalized spacial score (nSPS) is 26.2. The number of fused-ring (bicyclic) bond motifs is 1. The third-order valence-corrected chi connectivity index (χ3v) is 6.04. The second-order valence-electron chi connectivity index (χ2n) is 7.12.